The van der Waals surface area contributed by atoms with E-state index < -0.39 is 0 Å². The van der Waals surface area contributed by atoms with Gasteiger partial charge in [0, 0.05) is 18.1 Å². The third kappa shape index (κ3) is 2.36. The Balaban J connectivity index is 2.44. The molecular formula is C13H15N3O. The van der Waals surface area contributed by atoms with E-state index in [9.17, 15) is 4.79 Å². The first-order valence-electron chi connectivity index (χ1n) is 5.66. The van der Waals surface area contributed by atoms with Crippen LogP contribution in [0.3, 0.4) is 0 Å². The van der Waals surface area contributed by atoms with E-state index >= 15 is 0 Å². The third-order valence-electron chi connectivity index (χ3n) is 2.50. The Labute approximate surface area is 100 Å². The van der Waals surface area contributed by atoms with Gasteiger partial charge in [-0.2, -0.15) is 4.68 Å². The third-order valence-corrected chi connectivity index (χ3v) is 2.50. The number of benzene rings is 1. The highest BCUT2D eigenvalue weighted by molar-refractivity contribution is 5.84. The van der Waals surface area contributed by atoms with Crippen molar-refractivity contribution in [1.29, 1.82) is 0 Å². The largest absolute Gasteiger partial charge is 0.382 e. The van der Waals surface area contributed by atoms with E-state index in [0.29, 0.717) is 12.2 Å². The normalized spacial score (nSPS) is 10.4. The average molecular weight is 229 g/mol. The molecule has 1 heterocycles. The van der Waals surface area contributed by atoms with Gasteiger partial charge in [-0.05, 0) is 6.42 Å². The van der Waals surface area contributed by atoms with Crippen LogP contribution in [-0.4, -0.2) is 15.7 Å². The molecule has 88 valence electrons. The van der Waals surface area contributed by atoms with E-state index in [2.05, 4.69) is 5.10 Å². The molecule has 0 amide bonds. The quantitative estimate of drug-likeness (QED) is 0.879. The average Bonchev–Trinajstić information content (AvgIpc) is 2.73. The van der Waals surface area contributed by atoms with Crippen LogP contribution in [0.15, 0.2) is 36.4 Å². The zero-order valence-corrected chi connectivity index (χ0v) is 9.76. The molecule has 0 radical (unpaired) electrons. The number of nitrogens with zero attached hydrogens (tertiary/aromatic N) is 2. The van der Waals surface area contributed by atoms with Crippen molar-refractivity contribution >= 4 is 11.7 Å². The van der Waals surface area contributed by atoms with Crippen molar-refractivity contribution in [2.45, 2.75) is 19.8 Å². The molecule has 0 unspecified atom stereocenters. The number of carbonyl (C=O) groups is 1. The van der Waals surface area contributed by atoms with Gasteiger partial charge in [0.2, 0.25) is 5.91 Å². The van der Waals surface area contributed by atoms with Gasteiger partial charge in [-0.15, -0.1) is 5.10 Å². The van der Waals surface area contributed by atoms with Gasteiger partial charge in [-0.1, -0.05) is 37.3 Å². The van der Waals surface area contributed by atoms with Crippen LogP contribution in [0.2, 0.25) is 0 Å². The summed E-state index contributed by atoms with van der Waals surface area (Å²) in [5, 5.41) is 4.05. The fraction of sp³-hybridized carbons (Fsp3) is 0.231. The van der Waals surface area contributed by atoms with Crippen LogP contribution in [0, 0.1) is 0 Å². The Hall–Kier alpha value is -2.10. The van der Waals surface area contributed by atoms with E-state index in [1.165, 1.54) is 4.68 Å². The van der Waals surface area contributed by atoms with Crippen molar-refractivity contribution in [3.8, 4) is 11.3 Å². The van der Waals surface area contributed by atoms with Gasteiger partial charge in [0.15, 0.2) is 0 Å². The van der Waals surface area contributed by atoms with Gasteiger partial charge in [0.25, 0.3) is 0 Å². The number of nitrogen functional groups attached to an aromatic ring is 1. The van der Waals surface area contributed by atoms with Crippen molar-refractivity contribution in [2.75, 3.05) is 5.73 Å². The first kappa shape index (κ1) is 11.4. The van der Waals surface area contributed by atoms with Crippen LogP contribution in [0.4, 0.5) is 5.82 Å². The van der Waals surface area contributed by atoms with Gasteiger partial charge in [-0.25, -0.2) is 0 Å². The van der Waals surface area contributed by atoms with Crippen LogP contribution in [0.5, 0.6) is 0 Å². The van der Waals surface area contributed by atoms with E-state index in [1.807, 2.05) is 37.3 Å². The topological polar surface area (TPSA) is 60.9 Å². The van der Waals surface area contributed by atoms with Gasteiger partial charge < -0.3 is 5.73 Å². The Morgan fingerprint density at radius 2 is 2.06 bits per heavy atom. The lowest BCUT2D eigenvalue weighted by molar-refractivity contribution is 0.0888. The molecule has 1 aromatic carbocycles. The maximum absolute atomic E-state index is 11.9. The highest BCUT2D eigenvalue weighted by Crippen LogP contribution is 2.21. The minimum atomic E-state index is -0.0250. The molecule has 4 heteroatoms. The lowest BCUT2D eigenvalue weighted by atomic mass is 10.1. The Kier molecular flexibility index (Phi) is 3.23. The molecule has 2 N–H and O–H groups in total. The standard InChI is InChI=1S/C13H15N3O/c1-2-6-13(17)16-11(9-12(14)15-16)10-7-4-3-5-8-10/h3-5,7-9H,2,6H2,1H3,(H2,14,15). The number of hydrogen-bond donors (Lipinski definition) is 1. The van der Waals surface area contributed by atoms with E-state index in [0.717, 1.165) is 17.7 Å². The summed E-state index contributed by atoms with van der Waals surface area (Å²) >= 11 is 0. The summed E-state index contributed by atoms with van der Waals surface area (Å²) in [4.78, 5) is 11.9. The molecule has 0 spiro atoms. The van der Waals surface area contributed by atoms with Crippen molar-refractivity contribution in [3.63, 3.8) is 0 Å². The minimum absolute atomic E-state index is 0.0250. The summed E-state index contributed by atoms with van der Waals surface area (Å²) in [6.07, 6.45) is 1.27. The zero-order chi connectivity index (χ0) is 12.3. The molecule has 0 aliphatic carbocycles. The molecule has 0 atom stereocenters. The lowest BCUT2D eigenvalue weighted by Crippen LogP contribution is -2.13. The number of rotatable bonds is 3. The number of hydrogen-bond acceptors (Lipinski definition) is 3. The highest BCUT2D eigenvalue weighted by atomic mass is 16.2. The number of anilines is 1. The molecule has 17 heavy (non-hydrogen) atoms. The van der Waals surface area contributed by atoms with Crippen molar-refractivity contribution in [3.05, 3.63) is 36.4 Å². The monoisotopic (exact) mass is 229 g/mol. The maximum atomic E-state index is 11.9. The van der Waals surface area contributed by atoms with Crippen molar-refractivity contribution in [2.24, 2.45) is 0 Å². The van der Waals surface area contributed by atoms with Crippen LogP contribution >= 0.6 is 0 Å². The van der Waals surface area contributed by atoms with Gasteiger partial charge in [-0.3, -0.25) is 4.79 Å². The molecule has 0 fully saturated rings. The minimum Gasteiger partial charge on any atom is -0.382 e. The maximum Gasteiger partial charge on any atom is 0.247 e. The number of nitrogens with two attached hydrogens (primary N) is 1. The molecule has 0 bridgehead atoms. The molecule has 4 nitrogen and oxygen atoms in total. The highest BCUT2D eigenvalue weighted by Gasteiger charge is 2.13. The predicted molar refractivity (Wildman–Crippen MR) is 67.6 cm³/mol. The predicted octanol–water partition coefficient (Wildman–Crippen LogP) is 2.57. The second kappa shape index (κ2) is 4.82. The number of aromatic nitrogens is 2. The molecule has 2 aromatic rings. The number of carbonyl (C=O) groups excluding carboxylic acids is 1. The Morgan fingerprint density at radius 3 is 2.71 bits per heavy atom. The summed E-state index contributed by atoms with van der Waals surface area (Å²) in [6.45, 7) is 1.97. The van der Waals surface area contributed by atoms with E-state index in [4.69, 9.17) is 5.73 Å². The van der Waals surface area contributed by atoms with Crippen molar-refractivity contribution in [1.82, 2.24) is 9.78 Å². The Bertz CT molecular complexity index is 517. The van der Waals surface area contributed by atoms with Gasteiger partial charge in [0.05, 0.1) is 5.69 Å². The molecule has 0 aliphatic heterocycles. The second-order valence-electron chi connectivity index (χ2n) is 3.88. The fourth-order valence-electron chi connectivity index (χ4n) is 1.72. The van der Waals surface area contributed by atoms with Crippen LogP contribution in [0.25, 0.3) is 11.3 Å². The molecule has 0 saturated heterocycles. The fourth-order valence-corrected chi connectivity index (χ4v) is 1.72. The van der Waals surface area contributed by atoms with E-state index in [-0.39, 0.29) is 5.91 Å². The molecule has 1 aromatic heterocycles. The van der Waals surface area contributed by atoms with E-state index in [1.54, 1.807) is 6.07 Å². The summed E-state index contributed by atoms with van der Waals surface area (Å²) < 4.78 is 1.40. The summed E-state index contributed by atoms with van der Waals surface area (Å²) in [5.41, 5.74) is 7.36. The van der Waals surface area contributed by atoms with Crippen molar-refractivity contribution < 1.29 is 4.79 Å². The lowest BCUT2D eigenvalue weighted by Gasteiger charge is -2.04. The molecular weight excluding hydrogens is 214 g/mol. The van der Waals surface area contributed by atoms with Gasteiger partial charge in [0.1, 0.15) is 5.82 Å². The second-order valence-corrected chi connectivity index (χ2v) is 3.88. The summed E-state index contributed by atoms with van der Waals surface area (Å²) in [5.74, 6) is 0.344. The van der Waals surface area contributed by atoms with Crippen LogP contribution < -0.4 is 5.73 Å². The first-order chi connectivity index (χ1) is 8.22. The SMILES string of the molecule is CCCC(=O)n1nc(N)cc1-c1ccccc1. The summed E-state index contributed by atoms with van der Waals surface area (Å²) in [7, 11) is 0. The Morgan fingerprint density at radius 1 is 1.35 bits per heavy atom. The zero-order valence-electron chi connectivity index (χ0n) is 9.76. The first-order valence-corrected chi connectivity index (χ1v) is 5.66. The summed E-state index contributed by atoms with van der Waals surface area (Å²) in [6, 6.07) is 11.4. The van der Waals surface area contributed by atoms with Crippen LogP contribution in [-0.2, 0) is 0 Å². The molecule has 2 rings (SSSR count). The van der Waals surface area contributed by atoms with Crippen LogP contribution in [0.1, 0.15) is 24.6 Å². The smallest absolute Gasteiger partial charge is 0.247 e. The molecule has 0 saturated carbocycles. The van der Waals surface area contributed by atoms with Gasteiger partial charge >= 0.3 is 0 Å². The molecule has 0 aliphatic rings.